The molecule has 0 bridgehead atoms. The van der Waals surface area contributed by atoms with Gasteiger partial charge in [-0.05, 0) is 17.9 Å². The molecule has 22 heavy (non-hydrogen) atoms. The quantitative estimate of drug-likeness (QED) is 0.862. The van der Waals surface area contributed by atoms with Gasteiger partial charge < -0.3 is 10.6 Å². The molecule has 2 aromatic rings. The number of anilines is 1. The lowest BCUT2D eigenvalue weighted by atomic mass is 10.1. The zero-order valence-electron chi connectivity index (χ0n) is 12.0. The van der Waals surface area contributed by atoms with Crippen LogP contribution in [0.5, 0.6) is 0 Å². The van der Waals surface area contributed by atoms with E-state index in [9.17, 15) is 4.79 Å². The van der Waals surface area contributed by atoms with Crippen LogP contribution in [0.1, 0.15) is 24.2 Å². The number of hydrogen-bond acceptors (Lipinski definition) is 6. The van der Waals surface area contributed by atoms with Crippen LogP contribution >= 0.6 is 11.3 Å². The van der Waals surface area contributed by atoms with Crippen LogP contribution in [0.15, 0.2) is 17.8 Å². The number of rotatable bonds is 5. The standard InChI is InChI=1S/C14H16N6OS/c15-7-10-4-6-22-14(10)19-13(21)3-5-16-11-1-2-12-17-9-18-20(12)8-11/h4,6,9,11,16H,1-3,5,8H2,(H,19,21)/t11-/m0/s1. The van der Waals surface area contributed by atoms with Crippen LogP contribution in [0.2, 0.25) is 0 Å². The Kier molecular flexibility index (Phi) is 4.46. The van der Waals surface area contributed by atoms with Crippen molar-refractivity contribution in [2.75, 3.05) is 11.9 Å². The summed E-state index contributed by atoms with van der Waals surface area (Å²) < 4.78 is 1.91. The topological polar surface area (TPSA) is 95.6 Å². The maximum Gasteiger partial charge on any atom is 0.226 e. The summed E-state index contributed by atoms with van der Waals surface area (Å²) in [7, 11) is 0. The highest BCUT2D eigenvalue weighted by Crippen LogP contribution is 2.22. The Morgan fingerprint density at radius 1 is 1.59 bits per heavy atom. The average Bonchev–Trinajstić information content (AvgIpc) is 3.15. The maximum atomic E-state index is 11.9. The monoisotopic (exact) mass is 316 g/mol. The van der Waals surface area contributed by atoms with E-state index in [1.807, 2.05) is 4.68 Å². The Balaban J connectivity index is 1.42. The van der Waals surface area contributed by atoms with Gasteiger partial charge in [0.15, 0.2) is 0 Å². The first-order valence-corrected chi connectivity index (χ1v) is 8.01. The normalized spacial score (nSPS) is 16.8. The minimum Gasteiger partial charge on any atom is -0.317 e. The predicted octanol–water partition coefficient (Wildman–Crippen LogP) is 1.14. The summed E-state index contributed by atoms with van der Waals surface area (Å²) in [6, 6.07) is 4.08. The van der Waals surface area contributed by atoms with Gasteiger partial charge in [-0.25, -0.2) is 9.67 Å². The fourth-order valence-corrected chi connectivity index (χ4v) is 3.23. The van der Waals surface area contributed by atoms with Crippen molar-refractivity contribution in [2.24, 2.45) is 0 Å². The number of fused-ring (bicyclic) bond motifs is 1. The molecule has 1 atom stereocenters. The molecule has 3 rings (SSSR count). The van der Waals surface area contributed by atoms with Gasteiger partial charge >= 0.3 is 0 Å². The molecule has 114 valence electrons. The lowest BCUT2D eigenvalue weighted by molar-refractivity contribution is -0.116. The highest BCUT2D eigenvalue weighted by Gasteiger charge is 2.19. The van der Waals surface area contributed by atoms with Crippen LogP contribution < -0.4 is 10.6 Å². The number of carbonyl (C=O) groups excluding carboxylic acids is 1. The first-order chi connectivity index (χ1) is 10.8. The van der Waals surface area contributed by atoms with Crippen LogP contribution in [0.25, 0.3) is 0 Å². The minimum absolute atomic E-state index is 0.0799. The Bertz CT molecular complexity index is 700. The number of thiophene rings is 1. The highest BCUT2D eigenvalue weighted by molar-refractivity contribution is 7.14. The fourth-order valence-electron chi connectivity index (χ4n) is 2.48. The molecule has 1 aliphatic heterocycles. The van der Waals surface area contributed by atoms with Crippen LogP contribution in [0.4, 0.5) is 5.00 Å². The van der Waals surface area contributed by atoms with E-state index < -0.39 is 0 Å². The maximum absolute atomic E-state index is 11.9. The zero-order chi connectivity index (χ0) is 15.4. The van der Waals surface area contributed by atoms with Gasteiger partial charge in [0.2, 0.25) is 5.91 Å². The summed E-state index contributed by atoms with van der Waals surface area (Å²) in [6.07, 6.45) is 3.87. The molecule has 2 aromatic heterocycles. The number of hydrogen-bond donors (Lipinski definition) is 2. The largest absolute Gasteiger partial charge is 0.317 e. The second-order valence-electron chi connectivity index (χ2n) is 5.12. The number of nitriles is 1. The van der Waals surface area contributed by atoms with E-state index >= 15 is 0 Å². The Labute approximate surface area is 132 Å². The van der Waals surface area contributed by atoms with Crippen LogP contribution in [-0.4, -0.2) is 33.3 Å². The number of nitrogens with one attached hydrogen (secondary N) is 2. The molecule has 0 aliphatic carbocycles. The van der Waals surface area contributed by atoms with Crippen molar-refractivity contribution in [2.45, 2.75) is 31.8 Å². The second-order valence-corrected chi connectivity index (χ2v) is 6.04. The van der Waals surface area contributed by atoms with Gasteiger partial charge in [0.05, 0.1) is 12.1 Å². The molecule has 0 spiro atoms. The molecule has 1 amide bonds. The lowest BCUT2D eigenvalue weighted by Crippen LogP contribution is -2.39. The van der Waals surface area contributed by atoms with E-state index in [4.69, 9.17) is 5.26 Å². The number of aromatic nitrogens is 3. The SMILES string of the molecule is N#Cc1ccsc1NC(=O)CCN[C@H]1CCc2ncnn2C1. The van der Waals surface area contributed by atoms with Gasteiger partial charge in [0, 0.05) is 25.4 Å². The number of aryl methyl sites for hydroxylation is 1. The Hall–Kier alpha value is -2.24. The molecule has 3 heterocycles. The van der Waals surface area contributed by atoms with Crippen molar-refractivity contribution in [3.8, 4) is 6.07 Å². The second kappa shape index (κ2) is 6.68. The molecule has 0 fully saturated rings. The molecule has 0 saturated carbocycles. The molecule has 1 aliphatic rings. The van der Waals surface area contributed by atoms with Gasteiger partial charge in [-0.1, -0.05) is 0 Å². The van der Waals surface area contributed by atoms with Crippen molar-refractivity contribution < 1.29 is 4.79 Å². The highest BCUT2D eigenvalue weighted by atomic mass is 32.1. The third kappa shape index (κ3) is 3.32. The summed E-state index contributed by atoms with van der Waals surface area (Å²) in [5, 5.41) is 21.7. The summed E-state index contributed by atoms with van der Waals surface area (Å²) in [4.78, 5) is 16.1. The molecular weight excluding hydrogens is 300 g/mol. The predicted molar refractivity (Wildman–Crippen MR) is 82.4 cm³/mol. The van der Waals surface area contributed by atoms with Crippen molar-refractivity contribution in [1.29, 1.82) is 5.26 Å². The van der Waals surface area contributed by atoms with E-state index in [2.05, 4.69) is 26.8 Å². The van der Waals surface area contributed by atoms with Gasteiger partial charge in [0.25, 0.3) is 0 Å². The van der Waals surface area contributed by atoms with Crippen LogP contribution in [-0.2, 0) is 17.8 Å². The molecule has 0 saturated heterocycles. The molecule has 0 aromatic carbocycles. The van der Waals surface area contributed by atoms with E-state index in [1.165, 1.54) is 11.3 Å². The summed E-state index contributed by atoms with van der Waals surface area (Å²) >= 11 is 1.36. The van der Waals surface area contributed by atoms with Crippen molar-refractivity contribution in [3.05, 3.63) is 29.2 Å². The lowest BCUT2D eigenvalue weighted by Gasteiger charge is -2.23. The first kappa shape index (κ1) is 14.7. The van der Waals surface area contributed by atoms with E-state index in [0.717, 1.165) is 25.2 Å². The van der Waals surface area contributed by atoms with Gasteiger partial charge in [-0.2, -0.15) is 10.4 Å². The number of nitrogens with zero attached hydrogens (tertiary/aromatic N) is 4. The van der Waals surface area contributed by atoms with Gasteiger partial charge in [-0.3, -0.25) is 4.79 Å². The summed E-state index contributed by atoms with van der Waals surface area (Å²) in [5.41, 5.74) is 0.511. The summed E-state index contributed by atoms with van der Waals surface area (Å²) in [6.45, 7) is 1.40. The first-order valence-electron chi connectivity index (χ1n) is 7.14. The number of amides is 1. The van der Waals surface area contributed by atoms with Crippen LogP contribution in [0.3, 0.4) is 0 Å². The smallest absolute Gasteiger partial charge is 0.226 e. The van der Waals surface area contributed by atoms with E-state index in [0.29, 0.717) is 29.6 Å². The molecule has 2 N–H and O–H groups in total. The molecule has 0 unspecified atom stereocenters. The van der Waals surface area contributed by atoms with Crippen LogP contribution in [0, 0.1) is 11.3 Å². The number of carbonyl (C=O) groups is 1. The third-order valence-electron chi connectivity index (χ3n) is 3.63. The molecule has 7 nitrogen and oxygen atoms in total. The Morgan fingerprint density at radius 2 is 2.50 bits per heavy atom. The Morgan fingerprint density at radius 3 is 3.36 bits per heavy atom. The summed E-state index contributed by atoms with van der Waals surface area (Å²) in [5.74, 6) is 0.946. The zero-order valence-corrected chi connectivity index (χ0v) is 12.8. The van der Waals surface area contributed by atoms with Crippen molar-refractivity contribution in [1.82, 2.24) is 20.1 Å². The third-order valence-corrected chi connectivity index (χ3v) is 4.46. The average molecular weight is 316 g/mol. The van der Waals surface area contributed by atoms with Crippen molar-refractivity contribution in [3.63, 3.8) is 0 Å². The molecule has 0 radical (unpaired) electrons. The van der Waals surface area contributed by atoms with Crippen molar-refractivity contribution >= 4 is 22.2 Å². The molecular formula is C14H16N6OS. The van der Waals surface area contributed by atoms with E-state index in [-0.39, 0.29) is 5.91 Å². The minimum atomic E-state index is -0.0799. The van der Waals surface area contributed by atoms with Gasteiger partial charge in [0.1, 0.15) is 23.2 Å². The fraction of sp³-hybridized carbons (Fsp3) is 0.429. The van der Waals surface area contributed by atoms with E-state index in [1.54, 1.807) is 17.8 Å². The molecule has 8 heteroatoms. The van der Waals surface area contributed by atoms with Gasteiger partial charge in [-0.15, -0.1) is 11.3 Å².